The molecular formula is C20H16O7. The average Bonchev–Trinajstić information content (AvgIpc) is 3.57. The Balaban J connectivity index is 1.49. The molecule has 7 heteroatoms. The molecule has 0 bridgehead atoms. The lowest BCUT2D eigenvalue weighted by molar-refractivity contribution is -0.216. The normalized spacial score (nSPS) is 44.6. The van der Waals surface area contributed by atoms with Gasteiger partial charge in [-0.3, -0.25) is 4.79 Å². The van der Waals surface area contributed by atoms with Crippen molar-refractivity contribution in [3.63, 3.8) is 0 Å². The quantitative estimate of drug-likeness (QED) is 0.660. The van der Waals surface area contributed by atoms with E-state index < -0.39 is 41.4 Å². The minimum atomic E-state index is -1.54. The van der Waals surface area contributed by atoms with Crippen LogP contribution in [-0.2, 0) is 14.3 Å². The second-order valence-electron chi connectivity index (χ2n) is 8.01. The number of hydrogen-bond acceptors (Lipinski definition) is 7. The maximum Gasteiger partial charge on any atom is 0.316 e. The Morgan fingerprint density at radius 1 is 0.963 bits per heavy atom. The van der Waals surface area contributed by atoms with Crippen molar-refractivity contribution in [1.29, 1.82) is 0 Å². The Kier molecular flexibility index (Phi) is 2.26. The van der Waals surface area contributed by atoms with Crippen molar-refractivity contribution in [2.75, 3.05) is 0 Å². The third kappa shape index (κ3) is 1.31. The molecule has 2 aliphatic carbocycles. The Morgan fingerprint density at radius 3 is 2.33 bits per heavy atom. The number of rotatable bonds is 0. The molecule has 3 heterocycles. The standard InChI is InChI=1S/C20H16O7/c21-12-7-8-13(22)19-18(12,27-19)16(23)15-17(24-15)20(19)25-10-5-1-3-9-4-2-6-11(26-20)14(9)10/h1-6,12-13,15,17,21-22H,7-8H2/t12-,13+,15+,17+,18-,19-/m0/s1. The lowest BCUT2D eigenvalue weighted by Crippen LogP contribution is -2.74. The highest BCUT2D eigenvalue weighted by molar-refractivity contribution is 6.02. The number of aliphatic hydroxyl groups excluding tert-OH is 2. The van der Waals surface area contributed by atoms with Crippen LogP contribution in [0.15, 0.2) is 36.4 Å². The SMILES string of the molecule is O=C1[C@H]2O[C@H]2C2(Oc3cccc4cccc(c34)O2)[C@@]23O[C@@]12[C@@H](O)CC[C@H]3O. The maximum absolute atomic E-state index is 12.9. The number of fused-ring (bicyclic) bond motifs is 2. The fourth-order valence-corrected chi connectivity index (χ4v) is 5.62. The highest BCUT2D eigenvalue weighted by Crippen LogP contribution is 2.72. The third-order valence-electron chi connectivity index (χ3n) is 6.84. The molecule has 2 aromatic rings. The summed E-state index contributed by atoms with van der Waals surface area (Å²) >= 11 is 0. The molecule has 3 aliphatic heterocycles. The number of ketones is 1. The van der Waals surface area contributed by atoms with E-state index in [4.69, 9.17) is 18.9 Å². The summed E-state index contributed by atoms with van der Waals surface area (Å²) in [5.41, 5.74) is -3.02. The molecular weight excluding hydrogens is 352 g/mol. The van der Waals surface area contributed by atoms with Crippen LogP contribution in [-0.4, -0.2) is 57.4 Å². The van der Waals surface area contributed by atoms with Crippen molar-refractivity contribution in [2.24, 2.45) is 0 Å². The molecule has 0 unspecified atom stereocenters. The number of carbonyl (C=O) groups excluding carboxylic acids is 1. The van der Waals surface area contributed by atoms with E-state index in [0.29, 0.717) is 11.5 Å². The lowest BCUT2D eigenvalue weighted by Gasteiger charge is -2.47. The van der Waals surface area contributed by atoms with Crippen LogP contribution in [0.5, 0.6) is 11.5 Å². The maximum atomic E-state index is 12.9. The van der Waals surface area contributed by atoms with Gasteiger partial charge >= 0.3 is 5.79 Å². The number of carbonyl (C=O) groups is 1. The van der Waals surface area contributed by atoms with Crippen molar-refractivity contribution in [3.8, 4) is 11.5 Å². The van der Waals surface area contributed by atoms with Gasteiger partial charge in [-0.15, -0.1) is 0 Å². The summed E-state index contributed by atoms with van der Waals surface area (Å²) in [4.78, 5) is 12.9. The second kappa shape index (κ2) is 4.12. The molecule has 7 rings (SSSR count). The van der Waals surface area contributed by atoms with Crippen LogP contribution >= 0.6 is 0 Å². The topological polar surface area (TPSA) is 101 Å². The van der Waals surface area contributed by atoms with E-state index in [0.717, 1.165) is 10.8 Å². The molecule has 7 nitrogen and oxygen atoms in total. The first kappa shape index (κ1) is 14.8. The zero-order valence-electron chi connectivity index (χ0n) is 14.1. The van der Waals surface area contributed by atoms with Gasteiger partial charge in [0.15, 0.2) is 17.8 Å². The van der Waals surface area contributed by atoms with Crippen molar-refractivity contribution in [1.82, 2.24) is 0 Å². The van der Waals surface area contributed by atoms with E-state index in [1.165, 1.54) is 0 Å². The molecule has 2 saturated heterocycles. The van der Waals surface area contributed by atoms with E-state index in [1.807, 2.05) is 36.4 Å². The molecule has 0 radical (unpaired) electrons. The summed E-state index contributed by atoms with van der Waals surface area (Å²) in [6.45, 7) is 0. The molecule has 1 spiro atoms. The van der Waals surface area contributed by atoms with Crippen molar-refractivity contribution >= 4 is 16.6 Å². The first-order valence-corrected chi connectivity index (χ1v) is 9.21. The van der Waals surface area contributed by atoms with Gasteiger partial charge in [0.25, 0.3) is 0 Å². The van der Waals surface area contributed by atoms with Crippen molar-refractivity contribution in [3.05, 3.63) is 36.4 Å². The fourth-order valence-electron chi connectivity index (χ4n) is 5.62. The highest BCUT2D eigenvalue weighted by atomic mass is 16.8. The van der Waals surface area contributed by atoms with E-state index in [9.17, 15) is 15.0 Å². The summed E-state index contributed by atoms with van der Waals surface area (Å²) in [7, 11) is 0. The van der Waals surface area contributed by atoms with E-state index in [2.05, 4.69) is 0 Å². The van der Waals surface area contributed by atoms with Gasteiger partial charge in [0.2, 0.25) is 11.4 Å². The number of benzene rings is 2. The van der Waals surface area contributed by atoms with Crippen molar-refractivity contribution < 1.29 is 34.0 Å². The average molecular weight is 368 g/mol. The summed E-state index contributed by atoms with van der Waals surface area (Å²) in [6, 6.07) is 11.3. The first-order valence-electron chi connectivity index (χ1n) is 9.21. The predicted molar refractivity (Wildman–Crippen MR) is 89.4 cm³/mol. The minimum absolute atomic E-state index is 0.272. The Bertz CT molecular complexity index is 1010. The van der Waals surface area contributed by atoms with Crippen LogP contribution in [0.25, 0.3) is 10.8 Å². The molecule has 5 aliphatic rings. The van der Waals surface area contributed by atoms with Crippen LogP contribution in [0.2, 0.25) is 0 Å². The summed E-state index contributed by atoms with van der Waals surface area (Å²) in [5, 5.41) is 23.4. The minimum Gasteiger partial charge on any atom is -0.446 e. The van der Waals surface area contributed by atoms with Crippen LogP contribution in [0, 0.1) is 0 Å². The molecule has 0 aromatic heterocycles. The number of ether oxygens (including phenoxy) is 4. The third-order valence-corrected chi connectivity index (χ3v) is 6.84. The Hall–Kier alpha value is -2.19. The molecule has 0 amide bonds. The number of Topliss-reactive ketones (excluding diaryl/α,β-unsaturated/α-hetero) is 1. The van der Waals surface area contributed by atoms with Gasteiger partial charge in [-0.05, 0) is 30.4 Å². The number of aliphatic hydroxyl groups is 2. The van der Waals surface area contributed by atoms with E-state index >= 15 is 0 Å². The molecule has 138 valence electrons. The van der Waals surface area contributed by atoms with Gasteiger partial charge in [0.05, 0.1) is 17.6 Å². The highest BCUT2D eigenvalue weighted by Gasteiger charge is 2.99. The molecule has 2 aromatic carbocycles. The van der Waals surface area contributed by atoms with Gasteiger partial charge in [0, 0.05) is 0 Å². The van der Waals surface area contributed by atoms with E-state index in [-0.39, 0.29) is 18.6 Å². The second-order valence-corrected chi connectivity index (χ2v) is 8.01. The summed E-state index contributed by atoms with van der Waals surface area (Å²) in [6.07, 6.45) is -2.94. The largest absolute Gasteiger partial charge is 0.446 e. The molecule has 2 saturated carbocycles. The summed E-state index contributed by atoms with van der Waals surface area (Å²) < 4.78 is 24.4. The Labute approximate surface area is 153 Å². The molecule has 4 fully saturated rings. The van der Waals surface area contributed by atoms with Crippen LogP contribution in [0.1, 0.15) is 12.8 Å². The van der Waals surface area contributed by atoms with Gasteiger partial charge < -0.3 is 29.2 Å². The van der Waals surface area contributed by atoms with Gasteiger partial charge in [-0.2, -0.15) is 0 Å². The molecule has 6 atom stereocenters. The first-order chi connectivity index (χ1) is 13.1. The van der Waals surface area contributed by atoms with Crippen LogP contribution < -0.4 is 9.47 Å². The van der Waals surface area contributed by atoms with Crippen LogP contribution in [0.3, 0.4) is 0 Å². The number of hydrogen-bond donors (Lipinski definition) is 2. The zero-order chi connectivity index (χ0) is 18.2. The number of epoxide rings is 2. The van der Waals surface area contributed by atoms with Crippen molar-refractivity contribution in [2.45, 2.75) is 54.2 Å². The fraction of sp³-hybridized carbons (Fsp3) is 0.450. The van der Waals surface area contributed by atoms with Crippen LogP contribution in [0.4, 0.5) is 0 Å². The monoisotopic (exact) mass is 368 g/mol. The van der Waals surface area contributed by atoms with Gasteiger partial charge in [0.1, 0.15) is 11.5 Å². The lowest BCUT2D eigenvalue weighted by atomic mass is 9.64. The Morgan fingerprint density at radius 2 is 1.63 bits per heavy atom. The predicted octanol–water partition coefficient (Wildman–Crippen LogP) is 0.681. The smallest absolute Gasteiger partial charge is 0.316 e. The zero-order valence-corrected chi connectivity index (χ0v) is 14.1. The molecule has 27 heavy (non-hydrogen) atoms. The van der Waals surface area contributed by atoms with Gasteiger partial charge in [-0.1, -0.05) is 24.3 Å². The molecule has 2 N–H and O–H groups in total. The summed E-state index contributed by atoms with van der Waals surface area (Å²) in [5.74, 6) is -0.670. The van der Waals surface area contributed by atoms with Gasteiger partial charge in [-0.25, -0.2) is 0 Å². The van der Waals surface area contributed by atoms with E-state index in [1.54, 1.807) is 0 Å².